The monoisotopic (exact) mass is 510 g/mol. The molecule has 3 fully saturated rings. The van der Waals surface area contributed by atoms with Crippen molar-refractivity contribution in [3.8, 4) is 0 Å². The van der Waals surface area contributed by atoms with E-state index in [9.17, 15) is 19.2 Å². The van der Waals surface area contributed by atoms with E-state index in [4.69, 9.17) is 0 Å². The Bertz CT molecular complexity index is 1320. The molecule has 7 rings (SSSR count). The van der Waals surface area contributed by atoms with E-state index < -0.39 is 35.0 Å². The molecule has 2 aliphatic heterocycles. The molecular weight excluding hydrogens is 476 g/mol. The minimum absolute atomic E-state index is 0.205. The number of nitrogens with zero attached hydrogens (tertiary/aromatic N) is 2. The Kier molecular flexibility index (Phi) is 5.53. The number of imide groups is 2. The molecule has 38 heavy (non-hydrogen) atoms. The van der Waals surface area contributed by atoms with Crippen LogP contribution in [-0.4, -0.2) is 45.5 Å². The van der Waals surface area contributed by atoms with E-state index in [1.54, 1.807) is 0 Å². The van der Waals surface area contributed by atoms with Crippen LogP contribution in [0.15, 0.2) is 60.7 Å². The van der Waals surface area contributed by atoms with E-state index in [-0.39, 0.29) is 35.7 Å². The van der Waals surface area contributed by atoms with Crippen molar-refractivity contribution in [3.05, 3.63) is 71.8 Å². The van der Waals surface area contributed by atoms with Crippen LogP contribution in [0.1, 0.15) is 52.2 Å². The van der Waals surface area contributed by atoms with E-state index in [1.807, 2.05) is 95.3 Å². The van der Waals surface area contributed by atoms with Crippen molar-refractivity contribution in [1.82, 2.24) is 9.80 Å². The Balaban J connectivity index is 1.75. The first-order chi connectivity index (χ1) is 18.2. The molecule has 2 unspecified atom stereocenters. The summed E-state index contributed by atoms with van der Waals surface area (Å²) in [5.74, 6) is -4.08. The van der Waals surface area contributed by atoms with Gasteiger partial charge in [-0.25, -0.2) is 0 Å². The van der Waals surface area contributed by atoms with Crippen LogP contribution in [0, 0.1) is 35.0 Å². The Morgan fingerprint density at radius 3 is 1.45 bits per heavy atom. The van der Waals surface area contributed by atoms with Crippen molar-refractivity contribution in [2.75, 3.05) is 0 Å². The third-order valence-electron chi connectivity index (χ3n) is 9.49. The van der Waals surface area contributed by atoms with Gasteiger partial charge in [-0.15, -0.1) is 0 Å². The predicted octanol–water partition coefficient (Wildman–Crippen LogP) is 4.66. The van der Waals surface area contributed by atoms with Gasteiger partial charge in [-0.2, -0.15) is 0 Å². The molecule has 0 N–H and O–H groups in total. The summed E-state index contributed by atoms with van der Waals surface area (Å²) in [4.78, 5) is 59.5. The van der Waals surface area contributed by atoms with Crippen LogP contribution >= 0.6 is 0 Å². The van der Waals surface area contributed by atoms with Gasteiger partial charge in [0.25, 0.3) is 0 Å². The van der Waals surface area contributed by atoms with Crippen LogP contribution in [0.2, 0.25) is 0 Å². The molecule has 0 aromatic heterocycles. The van der Waals surface area contributed by atoms with Crippen molar-refractivity contribution in [1.29, 1.82) is 0 Å². The maximum atomic E-state index is 14.2. The number of allylic oxidation sites excluding steroid dienone is 2. The van der Waals surface area contributed by atoms with Crippen molar-refractivity contribution in [3.63, 3.8) is 0 Å². The van der Waals surface area contributed by atoms with Gasteiger partial charge in [0, 0.05) is 23.4 Å². The van der Waals surface area contributed by atoms with Gasteiger partial charge >= 0.3 is 0 Å². The standard InChI is InChI=1S/C32H34N2O4/c1-6-32-25(20-15-11-8-12-16-20)21(19-13-9-7-10-14-19)22(23-26(32)30(37)33(17(2)3)28(23)35)24-27(32)31(38)34(18(4)5)29(24)36/h7-18,22-24,26-27H,6H2,1-5H3/t22?,23-,24+,26-,27-,32?/m0/s1. The Morgan fingerprint density at radius 2 is 1.05 bits per heavy atom. The highest BCUT2D eigenvalue weighted by molar-refractivity contribution is 6.17. The zero-order valence-electron chi connectivity index (χ0n) is 22.5. The van der Waals surface area contributed by atoms with Crippen molar-refractivity contribution in [2.45, 2.75) is 53.1 Å². The zero-order valence-corrected chi connectivity index (χ0v) is 22.5. The maximum Gasteiger partial charge on any atom is 0.234 e. The number of hydrogen-bond acceptors (Lipinski definition) is 4. The normalized spacial score (nSPS) is 32.2. The van der Waals surface area contributed by atoms with Crippen LogP contribution in [0.4, 0.5) is 0 Å². The highest BCUT2D eigenvalue weighted by Gasteiger charge is 2.77. The van der Waals surface area contributed by atoms with Gasteiger partial charge < -0.3 is 0 Å². The molecule has 0 spiro atoms. The van der Waals surface area contributed by atoms with Gasteiger partial charge in [-0.05, 0) is 56.4 Å². The number of hydrogen-bond donors (Lipinski definition) is 0. The number of likely N-dealkylation sites (tertiary alicyclic amines) is 2. The summed E-state index contributed by atoms with van der Waals surface area (Å²) in [7, 11) is 0. The topological polar surface area (TPSA) is 74.8 Å². The maximum absolute atomic E-state index is 14.2. The Hall–Kier alpha value is -3.54. The summed E-state index contributed by atoms with van der Waals surface area (Å²) >= 11 is 0. The van der Waals surface area contributed by atoms with Gasteiger partial charge in [0.1, 0.15) is 0 Å². The van der Waals surface area contributed by atoms with Crippen LogP contribution < -0.4 is 0 Å². The first-order valence-electron chi connectivity index (χ1n) is 13.8. The third-order valence-corrected chi connectivity index (χ3v) is 9.49. The number of carbonyl (C=O) groups is 4. The molecule has 2 saturated heterocycles. The predicted molar refractivity (Wildman–Crippen MR) is 144 cm³/mol. The number of rotatable bonds is 5. The zero-order chi connectivity index (χ0) is 27.1. The lowest BCUT2D eigenvalue weighted by Crippen LogP contribution is -2.60. The Labute approximate surface area is 223 Å². The number of amides is 4. The molecule has 0 radical (unpaired) electrons. The summed E-state index contributed by atoms with van der Waals surface area (Å²) < 4.78 is 0. The molecular formula is C32H34N2O4. The van der Waals surface area contributed by atoms with Crippen LogP contribution in [0.3, 0.4) is 0 Å². The molecule has 6 atom stereocenters. The molecule has 6 heteroatoms. The van der Waals surface area contributed by atoms with Crippen LogP contribution in [-0.2, 0) is 19.2 Å². The summed E-state index contributed by atoms with van der Waals surface area (Å²) in [5, 5.41) is 0. The minimum atomic E-state index is -0.983. The second-order valence-electron chi connectivity index (χ2n) is 11.7. The fraction of sp³-hybridized carbons (Fsp3) is 0.438. The average molecular weight is 511 g/mol. The van der Waals surface area contributed by atoms with Gasteiger partial charge in [0.15, 0.2) is 0 Å². The fourth-order valence-electron chi connectivity index (χ4n) is 8.36. The van der Waals surface area contributed by atoms with Crippen molar-refractivity contribution < 1.29 is 19.2 Å². The van der Waals surface area contributed by atoms with Gasteiger partial charge in [-0.1, -0.05) is 67.6 Å². The lowest BCUT2D eigenvalue weighted by Gasteiger charge is -2.59. The molecule has 1 saturated carbocycles. The smallest absolute Gasteiger partial charge is 0.234 e. The summed E-state index contributed by atoms with van der Waals surface area (Å²) in [6.45, 7) is 9.44. The minimum Gasteiger partial charge on any atom is -0.280 e. The lowest BCUT2D eigenvalue weighted by atomic mass is 9.40. The highest BCUT2D eigenvalue weighted by atomic mass is 16.2. The van der Waals surface area contributed by atoms with Gasteiger partial charge in [0.2, 0.25) is 23.6 Å². The van der Waals surface area contributed by atoms with Crippen LogP contribution in [0.5, 0.6) is 0 Å². The lowest BCUT2D eigenvalue weighted by molar-refractivity contribution is -0.146. The second kappa shape index (κ2) is 8.48. The first kappa shape index (κ1) is 24.8. The third kappa shape index (κ3) is 2.89. The molecule has 3 aliphatic carbocycles. The summed E-state index contributed by atoms with van der Waals surface area (Å²) in [6, 6.07) is 19.3. The van der Waals surface area contributed by atoms with E-state index in [2.05, 4.69) is 0 Å². The van der Waals surface area contributed by atoms with Gasteiger partial charge in [0.05, 0.1) is 23.7 Å². The first-order valence-corrected chi connectivity index (χ1v) is 13.8. The van der Waals surface area contributed by atoms with E-state index >= 15 is 0 Å². The van der Waals surface area contributed by atoms with E-state index in [0.29, 0.717) is 6.42 Å². The van der Waals surface area contributed by atoms with Gasteiger partial charge in [-0.3, -0.25) is 29.0 Å². The largest absolute Gasteiger partial charge is 0.280 e. The van der Waals surface area contributed by atoms with E-state index in [0.717, 1.165) is 22.3 Å². The van der Waals surface area contributed by atoms with E-state index in [1.165, 1.54) is 9.80 Å². The van der Waals surface area contributed by atoms with Crippen molar-refractivity contribution >= 4 is 34.8 Å². The molecule has 6 nitrogen and oxygen atoms in total. The average Bonchev–Trinajstić information content (AvgIpc) is 3.35. The SMILES string of the molecule is CCC12C(c3ccccc3)=C(c3ccccc3)C([C@H]3C(=O)N(C(C)C)C(=O)[C@H]31)[C@@H]1C(=O)N(C(C)C)C(=O)[C@H]12. The molecule has 196 valence electrons. The quantitative estimate of drug-likeness (QED) is 0.549. The summed E-state index contributed by atoms with van der Waals surface area (Å²) in [6.07, 6.45) is 0.471. The molecule has 5 aliphatic rings. The van der Waals surface area contributed by atoms with Crippen LogP contribution in [0.25, 0.3) is 11.1 Å². The molecule has 2 aromatic rings. The highest BCUT2D eigenvalue weighted by Crippen LogP contribution is 2.73. The molecule has 4 amide bonds. The fourth-order valence-corrected chi connectivity index (χ4v) is 8.36. The molecule has 2 heterocycles. The van der Waals surface area contributed by atoms with Crippen molar-refractivity contribution in [2.24, 2.45) is 35.0 Å². The number of benzene rings is 2. The Morgan fingerprint density at radius 1 is 0.632 bits per heavy atom. The number of carbonyl (C=O) groups excluding carboxylic acids is 4. The summed E-state index contributed by atoms with van der Waals surface area (Å²) in [5.41, 5.74) is 2.81. The molecule has 2 aromatic carbocycles. The molecule has 2 bridgehead atoms. The second-order valence-corrected chi connectivity index (χ2v) is 11.7.